The van der Waals surface area contributed by atoms with Gasteiger partial charge >= 0.3 is 0 Å². The van der Waals surface area contributed by atoms with Crippen LogP contribution in [0, 0.1) is 6.92 Å². The van der Waals surface area contributed by atoms with E-state index in [0.717, 1.165) is 11.3 Å². The molecule has 0 fully saturated rings. The third-order valence-electron chi connectivity index (χ3n) is 1.96. The van der Waals surface area contributed by atoms with Gasteiger partial charge in [0.2, 0.25) is 0 Å². The van der Waals surface area contributed by atoms with Gasteiger partial charge in [-0.2, -0.15) is 0 Å². The highest BCUT2D eigenvalue weighted by Gasteiger charge is 1.99. The molecule has 0 atom stereocenters. The topological polar surface area (TPSA) is 49.7 Å². The fourth-order valence-corrected chi connectivity index (χ4v) is 1.17. The lowest BCUT2D eigenvalue weighted by molar-refractivity contribution is -0.0479. The second-order valence-corrected chi connectivity index (χ2v) is 3.24. The van der Waals surface area contributed by atoms with E-state index in [2.05, 4.69) is 0 Å². The Kier molecular flexibility index (Phi) is 4.43. The van der Waals surface area contributed by atoms with Crippen molar-refractivity contribution < 1.29 is 14.9 Å². The van der Waals surface area contributed by atoms with Gasteiger partial charge in [0.25, 0.3) is 0 Å². The Bertz CT molecular complexity index is 271. The highest BCUT2D eigenvalue weighted by molar-refractivity contribution is 5.31. The first-order valence-electron chi connectivity index (χ1n) is 4.74. The highest BCUT2D eigenvalue weighted by Crippen LogP contribution is 2.16. The number of ether oxygens (including phenoxy) is 1. The van der Waals surface area contributed by atoms with E-state index in [-0.39, 0.29) is 0 Å². The Labute approximate surface area is 84.0 Å². The minimum absolute atomic E-state index is 0.353. The third-order valence-corrected chi connectivity index (χ3v) is 1.96. The van der Waals surface area contributed by atoms with Crippen molar-refractivity contribution in [1.82, 2.24) is 0 Å². The van der Waals surface area contributed by atoms with Crippen molar-refractivity contribution in [3.63, 3.8) is 0 Å². The molecule has 0 radical (unpaired) electrons. The largest absolute Gasteiger partial charge is 0.493 e. The van der Waals surface area contributed by atoms with Crippen molar-refractivity contribution in [2.45, 2.75) is 26.1 Å². The summed E-state index contributed by atoms with van der Waals surface area (Å²) < 4.78 is 5.46. The average molecular weight is 196 g/mol. The van der Waals surface area contributed by atoms with Gasteiger partial charge in [0.15, 0.2) is 6.29 Å². The summed E-state index contributed by atoms with van der Waals surface area (Å²) in [7, 11) is 0. The van der Waals surface area contributed by atoms with Crippen LogP contribution in [0.15, 0.2) is 24.3 Å². The Morgan fingerprint density at radius 3 is 2.64 bits per heavy atom. The van der Waals surface area contributed by atoms with E-state index in [1.165, 1.54) is 0 Å². The van der Waals surface area contributed by atoms with Crippen LogP contribution in [0.2, 0.25) is 0 Å². The van der Waals surface area contributed by atoms with Crippen molar-refractivity contribution in [1.29, 1.82) is 0 Å². The summed E-state index contributed by atoms with van der Waals surface area (Å²) in [6, 6.07) is 7.77. The maximum Gasteiger partial charge on any atom is 0.151 e. The number of aryl methyl sites for hydroxylation is 1. The van der Waals surface area contributed by atoms with Crippen molar-refractivity contribution >= 4 is 0 Å². The van der Waals surface area contributed by atoms with E-state index >= 15 is 0 Å². The highest BCUT2D eigenvalue weighted by atomic mass is 16.5. The quantitative estimate of drug-likeness (QED) is 0.553. The van der Waals surface area contributed by atoms with E-state index in [1.54, 1.807) is 0 Å². The summed E-state index contributed by atoms with van der Waals surface area (Å²) in [5, 5.41) is 17.2. The molecule has 0 saturated heterocycles. The van der Waals surface area contributed by atoms with Crippen LogP contribution in [0.3, 0.4) is 0 Å². The van der Waals surface area contributed by atoms with Crippen molar-refractivity contribution in [3.8, 4) is 5.75 Å². The van der Waals surface area contributed by atoms with Crippen molar-refractivity contribution in [2.75, 3.05) is 6.61 Å². The molecule has 0 spiro atoms. The molecule has 0 saturated carbocycles. The molecule has 14 heavy (non-hydrogen) atoms. The Balaban J connectivity index is 2.28. The number of rotatable bonds is 5. The van der Waals surface area contributed by atoms with Crippen LogP contribution in [-0.2, 0) is 0 Å². The van der Waals surface area contributed by atoms with Crippen LogP contribution in [0.1, 0.15) is 18.4 Å². The zero-order valence-corrected chi connectivity index (χ0v) is 8.31. The molecule has 0 bridgehead atoms. The third kappa shape index (κ3) is 3.77. The van der Waals surface area contributed by atoms with Crippen LogP contribution in [0.4, 0.5) is 0 Å². The molecule has 78 valence electrons. The van der Waals surface area contributed by atoms with Crippen LogP contribution in [0.5, 0.6) is 5.75 Å². The molecule has 1 aromatic carbocycles. The summed E-state index contributed by atoms with van der Waals surface area (Å²) in [6.45, 7) is 2.50. The minimum Gasteiger partial charge on any atom is -0.493 e. The van der Waals surface area contributed by atoms with Crippen LogP contribution in [0.25, 0.3) is 0 Å². The van der Waals surface area contributed by atoms with Crippen LogP contribution in [-0.4, -0.2) is 23.1 Å². The zero-order chi connectivity index (χ0) is 10.4. The number of aliphatic hydroxyl groups excluding tert-OH is 1. The van der Waals surface area contributed by atoms with E-state index in [4.69, 9.17) is 14.9 Å². The molecule has 0 heterocycles. The second kappa shape index (κ2) is 5.62. The lowest BCUT2D eigenvalue weighted by Crippen LogP contribution is -2.07. The average Bonchev–Trinajstić information content (AvgIpc) is 2.15. The first-order valence-corrected chi connectivity index (χ1v) is 4.74. The zero-order valence-electron chi connectivity index (χ0n) is 8.31. The maximum atomic E-state index is 8.60. The van der Waals surface area contributed by atoms with Crippen molar-refractivity contribution in [3.05, 3.63) is 29.8 Å². The normalized spacial score (nSPS) is 10.6. The fraction of sp³-hybridized carbons (Fsp3) is 0.455. The summed E-state index contributed by atoms with van der Waals surface area (Å²) in [5.41, 5.74) is 1.09. The molecular formula is C11H16O3. The number of benzene rings is 1. The lowest BCUT2D eigenvalue weighted by atomic mass is 10.2. The molecule has 0 aliphatic carbocycles. The summed E-state index contributed by atoms with van der Waals surface area (Å²) in [6.07, 6.45) is -0.229. The number of hydrogen-bond acceptors (Lipinski definition) is 3. The van der Waals surface area contributed by atoms with Crippen LogP contribution < -0.4 is 4.74 Å². The summed E-state index contributed by atoms with van der Waals surface area (Å²) in [5.74, 6) is 0.861. The standard InChI is InChI=1S/C11H16O3/c1-9-5-2-3-6-10(9)14-8-4-7-11(12)13/h2-3,5-6,11-13H,4,7-8H2,1H3. The van der Waals surface area contributed by atoms with E-state index in [1.807, 2.05) is 31.2 Å². The molecule has 0 aliphatic heterocycles. The van der Waals surface area contributed by atoms with Gasteiger partial charge in [-0.15, -0.1) is 0 Å². The monoisotopic (exact) mass is 196 g/mol. The van der Waals surface area contributed by atoms with E-state index in [0.29, 0.717) is 19.4 Å². The molecule has 0 unspecified atom stereocenters. The molecule has 0 aromatic heterocycles. The Morgan fingerprint density at radius 1 is 1.29 bits per heavy atom. The van der Waals surface area contributed by atoms with E-state index < -0.39 is 6.29 Å². The number of hydrogen-bond donors (Lipinski definition) is 2. The Hall–Kier alpha value is -1.06. The molecule has 0 amide bonds. The van der Waals surface area contributed by atoms with Gasteiger partial charge in [0.05, 0.1) is 6.61 Å². The molecule has 1 aromatic rings. The molecule has 1 rings (SSSR count). The predicted octanol–water partition coefficient (Wildman–Crippen LogP) is 1.46. The lowest BCUT2D eigenvalue weighted by Gasteiger charge is -2.08. The maximum absolute atomic E-state index is 8.60. The SMILES string of the molecule is Cc1ccccc1OCCCC(O)O. The molecular weight excluding hydrogens is 180 g/mol. The molecule has 3 nitrogen and oxygen atoms in total. The number of aliphatic hydroxyl groups is 2. The van der Waals surface area contributed by atoms with Crippen LogP contribution >= 0.6 is 0 Å². The Morgan fingerprint density at radius 2 is 2.00 bits per heavy atom. The molecule has 2 N–H and O–H groups in total. The van der Waals surface area contributed by atoms with Crippen molar-refractivity contribution in [2.24, 2.45) is 0 Å². The van der Waals surface area contributed by atoms with Gasteiger partial charge < -0.3 is 14.9 Å². The summed E-state index contributed by atoms with van der Waals surface area (Å²) >= 11 is 0. The van der Waals surface area contributed by atoms with Gasteiger partial charge in [-0.3, -0.25) is 0 Å². The fourth-order valence-electron chi connectivity index (χ4n) is 1.17. The molecule has 0 aliphatic rings. The van der Waals surface area contributed by atoms with Gasteiger partial charge in [-0.05, 0) is 25.0 Å². The van der Waals surface area contributed by atoms with Gasteiger partial charge in [-0.1, -0.05) is 18.2 Å². The first-order chi connectivity index (χ1) is 6.70. The minimum atomic E-state index is -1.23. The molecule has 3 heteroatoms. The summed E-state index contributed by atoms with van der Waals surface area (Å²) in [4.78, 5) is 0. The first kappa shape index (κ1) is 11.0. The van der Waals surface area contributed by atoms with Gasteiger partial charge in [-0.25, -0.2) is 0 Å². The van der Waals surface area contributed by atoms with E-state index in [9.17, 15) is 0 Å². The predicted molar refractivity (Wildman–Crippen MR) is 54.1 cm³/mol. The second-order valence-electron chi connectivity index (χ2n) is 3.24. The van der Waals surface area contributed by atoms with Gasteiger partial charge in [0.1, 0.15) is 5.75 Å². The van der Waals surface area contributed by atoms with Gasteiger partial charge in [0, 0.05) is 6.42 Å². The number of para-hydroxylation sites is 1. The smallest absolute Gasteiger partial charge is 0.151 e.